The van der Waals surface area contributed by atoms with Crippen molar-refractivity contribution in [3.8, 4) is 0 Å². The summed E-state index contributed by atoms with van der Waals surface area (Å²) >= 11 is 0. The monoisotopic (exact) mass is 420 g/mol. The fraction of sp³-hybridized carbons (Fsp3) is 0.619. The summed E-state index contributed by atoms with van der Waals surface area (Å²) in [6.45, 7) is 9.85. The molecule has 168 valence electrons. The summed E-state index contributed by atoms with van der Waals surface area (Å²) in [6, 6.07) is 5.75. The minimum atomic E-state index is -0.509. The molecule has 0 aliphatic rings. The van der Waals surface area contributed by atoms with E-state index in [1.807, 2.05) is 45.9 Å². The number of amides is 2. The van der Waals surface area contributed by atoms with Crippen molar-refractivity contribution in [3.05, 3.63) is 30.1 Å². The van der Waals surface area contributed by atoms with E-state index in [-0.39, 0.29) is 12.5 Å². The van der Waals surface area contributed by atoms with Crippen LogP contribution in [0.3, 0.4) is 0 Å². The average Bonchev–Trinajstić information content (AvgIpc) is 2.69. The number of guanidine groups is 1. The summed E-state index contributed by atoms with van der Waals surface area (Å²) in [6.07, 6.45) is 2.72. The Balaban J connectivity index is 2.33. The molecule has 0 aliphatic carbocycles. The molecule has 0 atom stereocenters. The molecule has 1 aromatic rings. The smallest absolute Gasteiger partial charge is 0.407 e. The third-order valence-electron chi connectivity index (χ3n) is 3.89. The highest BCUT2D eigenvalue weighted by atomic mass is 16.6. The first kappa shape index (κ1) is 25.2. The number of aliphatic imine (C=N–C) groups is 1. The van der Waals surface area contributed by atoms with Crippen LogP contribution in [0.1, 0.15) is 39.8 Å². The maximum Gasteiger partial charge on any atom is 0.407 e. The van der Waals surface area contributed by atoms with Crippen molar-refractivity contribution in [3.63, 3.8) is 0 Å². The van der Waals surface area contributed by atoms with Gasteiger partial charge in [-0.1, -0.05) is 6.07 Å². The zero-order valence-corrected chi connectivity index (χ0v) is 18.8. The average molecular weight is 421 g/mol. The van der Waals surface area contributed by atoms with Gasteiger partial charge in [0.15, 0.2) is 5.96 Å². The molecule has 0 bridgehead atoms. The predicted octanol–water partition coefficient (Wildman–Crippen LogP) is 1.55. The Bertz CT molecular complexity index is 673. The molecular weight excluding hydrogens is 384 g/mol. The van der Waals surface area contributed by atoms with Crippen LogP contribution in [0.4, 0.5) is 4.79 Å². The van der Waals surface area contributed by atoms with Crippen molar-refractivity contribution in [1.29, 1.82) is 0 Å². The molecule has 0 aliphatic heterocycles. The van der Waals surface area contributed by atoms with Crippen LogP contribution >= 0.6 is 0 Å². The number of carbonyl (C=O) groups is 2. The molecule has 30 heavy (non-hydrogen) atoms. The summed E-state index contributed by atoms with van der Waals surface area (Å²) in [7, 11) is 1.77. The SMILES string of the molecule is CCNC(=NCC(=O)N(C)CCc1ccccn1)NCCCNC(=O)OC(C)(C)C. The van der Waals surface area contributed by atoms with Gasteiger partial charge in [-0.05, 0) is 46.2 Å². The van der Waals surface area contributed by atoms with Crippen LogP contribution in [0.25, 0.3) is 0 Å². The Kier molecular flexibility index (Phi) is 11.3. The lowest BCUT2D eigenvalue weighted by molar-refractivity contribution is -0.128. The van der Waals surface area contributed by atoms with Gasteiger partial charge in [-0.25, -0.2) is 9.79 Å². The van der Waals surface area contributed by atoms with Crippen LogP contribution in [-0.2, 0) is 16.0 Å². The molecule has 0 saturated carbocycles. The van der Waals surface area contributed by atoms with Gasteiger partial charge in [-0.3, -0.25) is 9.78 Å². The van der Waals surface area contributed by atoms with E-state index < -0.39 is 11.7 Å². The number of hydrogen-bond acceptors (Lipinski definition) is 5. The molecular formula is C21H36N6O3. The topological polar surface area (TPSA) is 108 Å². The number of rotatable bonds is 10. The predicted molar refractivity (Wildman–Crippen MR) is 118 cm³/mol. The van der Waals surface area contributed by atoms with Crippen LogP contribution in [0.15, 0.2) is 29.4 Å². The fourth-order valence-electron chi connectivity index (χ4n) is 2.36. The quantitative estimate of drug-likeness (QED) is 0.301. The van der Waals surface area contributed by atoms with Gasteiger partial charge in [0.1, 0.15) is 12.1 Å². The molecule has 2 amide bonds. The van der Waals surface area contributed by atoms with Gasteiger partial charge >= 0.3 is 6.09 Å². The van der Waals surface area contributed by atoms with E-state index in [1.54, 1.807) is 18.1 Å². The lowest BCUT2D eigenvalue weighted by Crippen LogP contribution is -2.40. The summed E-state index contributed by atoms with van der Waals surface area (Å²) in [5, 5.41) is 8.98. The Hall–Kier alpha value is -2.84. The molecule has 0 saturated heterocycles. The molecule has 0 unspecified atom stereocenters. The summed E-state index contributed by atoms with van der Waals surface area (Å²) in [5.74, 6) is 0.510. The Labute approximate surface area is 179 Å². The second-order valence-corrected chi connectivity index (χ2v) is 7.79. The first-order valence-electron chi connectivity index (χ1n) is 10.3. The maximum atomic E-state index is 12.3. The second kappa shape index (κ2) is 13.4. The second-order valence-electron chi connectivity index (χ2n) is 7.79. The van der Waals surface area contributed by atoms with E-state index in [2.05, 4.69) is 25.9 Å². The minimum absolute atomic E-state index is 0.0597. The molecule has 1 heterocycles. The van der Waals surface area contributed by atoms with E-state index in [1.165, 1.54) is 0 Å². The number of nitrogens with one attached hydrogen (secondary N) is 3. The minimum Gasteiger partial charge on any atom is -0.444 e. The van der Waals surface area contributed by atoms with Crippen molar-refractivity contribution >= 4 is 18.0 Å². The third-order valence-corrected chi connectivity index (χ3v) is 3.89. The summed E-state index contributed by atoms with van der Waals surface area (Å²) in [5.41, 5.74) is 0.445. The van der Waals surface area contributed by atoms with Crippen LogP contribution in [-0.4, -0.2) is 73.2 Å². The van der Waals surface area contributed by atoms with Gasteiger partial charge in [0.05, 0.1) is 0 Å². The molecule has 3 N–H and O–H groups in total. The highest BCUT2D eigenvalue weighted by molar-refractivity contribution is 5.84. The van der Waals surface area contributed by atoms with Crippen molar-refractivity contribution in [1.82, 2.24) is 25.8 Å². The van der Waals surface area contributed by atoms with Crippen molar-refractivity contribution < 1.29 is 14.3 Å². The van der Waals surface area contributed by atoms with E-state index in [0.29, 0.717) is 45.0 Å². The molecule has 1 rings (SSSR count). The van der Waals surface area contributed by atoms with Gasteiger partial charge in [-0.15, -0.1) is 0 Å². The molecule has 1 aromatic heterocycles. The summed E-state index contributed by atoms with van der Waals surface area (Å²) < 4.78 is 5.19. The fourth-order valence-corrected chi connectivity index (χ4v) is 2.36. The molecule has 0 spiro atoms. The number of aromatic nitrogens is 1. The number of hydrogen-bond donors (Lipinski definition) is 3. The van der Waals surface area contributed by atoms with Gasteiger partial charge in [0.25, 0.3) is 0 Å². The number of pyridine rings is 1. The number of nitrogens with zero attached hydrogens (tertiary/aromatic N) is 3. The van der Waals surface area contributed by atoms with E-state index in [9.17, 15) is 9.59 Å². The van der Waals surface area contributed by atoms with Gasteiger partial charge in [-0.2, -0.15) is 0 Å². The first-order valence-corrected chi connectivity index (χ1v) is 10.3. The van der Waals surface area contributed by atoms with E-state index in [0.717, 1.165) is 5.69 Å². The molecule has 9 nitrogen and oxygen atoms in total. The first-order chi connectivity index (χ1) is 14.2. The van der Waals surface area contributed by atoms with E-state index in [4.69, 9.17) is 4.74 Å². The van der Waals surface area contributed by atoms with Crippen molar-refractivity contribution in [2.75, 3.05) is 39.8 Å². The number of carbonyl (C=O) groups excluding carboxylic acids is 2. The summed E-state index contributed by atoms with van der Waals surface area (Å²) in [4.78, 5) is 34.2. The Morgan fingerprint density at radius 3 is 2.53 bits per heavy atom. The van der Waals surface area contributed by atoms with Crippen LogP contribution in [0.5, 0.6) is 0 Å². The van der Waals surface area contributed by atoms with Crippen LogP contribution < -0.4 is 16.0 Å². The van der Waals surface area contributed by atoms with Crippen molar-refractivity contribution in [2.45, 2.75) is 46.1 Å². The zero-order valence-electron chi connectivity index (χ0n) is 18.8. The van der Waals surface area contributed by atoms with Gasteiger partial charge < -0.3 is 25.6 Å². The Morgan fingerprint density at radius 2 is 1.90 bits per heavy atom. The van der Waals surface area contributed by atoms with Crippen molar-refractivity contribution in [2.24, 2.45) is 4.99 Å². The van der Waals surface area contributed by atoms with Gasteiger partial charge in [0.2, 0.25) is 5.91 Å². The zero-order chi connectivity index (χ0) is 22.4. The molecule has 9 heteroatoms. The normalized spacial score (nSPS) is 11.6. The lowest BCUT2D eigenvalue weighted by Gasteiger charge is -2.19. The highest BCUT2D eigenvalue weighted by Crippen LogP contribution is 2.06. The number of likely N-dealkylation sites (N-methyl/N-ethyl adjacent to an activating group) is 1. The maximum absolute atomic E-state index is 12.3. The van der Waals surface area contributed by atoms with Crippen LogP contribution in [0.2, 0.25) is 0 Å². The highest BCUT2D eigenvalue weighted by Gasteiger charge is 2.15. The van der Waals surface area contributed by atoms with E-state index >= 15 is 0 Å². The van der Waals surface area contributed by atoms with Gasteiger partial charge in [0, 0.05) is 51.5 Å². The van der Waals surface area contributed by atoms with Crippen LogP contribution in [0, 0.1) is 0 Å². The molecule has 0 radical (unpaired) electrons. The Morgan fingerprint density at radius 1 is 1.17 bits per heavy atom. The number of ether oxygens (including phenoxy) is 1. The number of alkyl carbamates (subject to hydrolysis) is 1. The third kappa shape index (κ3) is 11.9. The molecule has 0 aromatic carbocycles. The standard InChI is InChI=1S/C21H36N6O3/c1-6-22-19(24-13-9-14-25-20(29)30-21(2,3)4)26-16-18(28)27(5)15-11-17-10-7-8-12-23-17/h7-8,10,12H,6,9,11,13-16H2,1-5H3,(H,25,29)(H2,22,24,26). The lowest BCUT2D eigenvalue weighted by atomic mass is 10.2. The molecule has 0 fully saturated rings. The largest absolute Gasteiger partial charge is 0.444 e.